The molecular formula is C17H29N3O2S. The number of carbonyl (C=O) groups is 1. The Labute approximate surface area is 142 Å². The zero-order chi connectivity index (χ0) is 17.2. The van der Waals surface area contributed by atoms with Crippen molar-refractivity contribution < 1.29 is 9.53 Å². The van der Waals surface area contributed by atoms with Gasteiger partial charge in [-0.3, -0.25) is 0 Å². The monoisotopic (exact) mass is 339 g/mol. The molecule has 2 heterocycles. The van der Waals surface area contributed by atoms with Gasteiger partial charge in [0.25, 0.3) is 0 Å². The van der Waals surface area contributed by atoms with Gasteiger partial charge in [-0.15, -0.1) is 11.3 Å². The lowest BCUT2D eigenvalue weighted by molar-refractivity contribution is 0.0958. The average molecular weight is 340 g/mol. The van der Waals surface area contributed by atoms with E-state index in [0.717, 1.165) is 30.8 Å². The number of nitrogens with zero attached hydrogens (tertiary/aromatic N) is 2. The smallest absolute Gasteiger partial charge is 0.343 e. The Bertz CT molecular complexity index is 619. The molecule has 1 aromatic rings. The van der Waals surface area contributed by atoms with E-state index in [4.69, 9.17) is 4.74 Å². The highest BCUT2D eigenvalue weighted by molar-refractivity contribution is 7.09. The van der Waals surface area contributed by atoms with Crippen molar-refractivity contribution in [2.24, 2.45) is 10.4 Å². The molecule has 2 amide bonds. The van der Waals surface area contributed by atoms with Crippen LogP contribution >= 0.6 is 11.3 Å². The van der Waals surface area contributed by atoms with Crippen molar-refractivity contribution in [2.45, 2.75) is 73.1 Å². The quantitative estimate of drug-likeness (QED) is 0.918. The van der Waals surface area contributed by atoms with E-state index in [0.29, 0.717) is 0 Å². The standard InChI is InChI=1S/C17H29N3O2S/c1-11-12(2)23-16(20(11)10-14-8-7-9-22-14)19-15(21)18-13(3)17(4,5)6/h13-14H,7-10H2,1-6H3,(H,18,21)/t13-,14?/m1/s1. The minimum atomic E-state index is -0.269. The maximum Gasteiger partial charge on any atom is 0.343 e. The molecule has 1 aliphatic rings. The third-order valence-electron chi connectivity index (χ3n) is 4.64. The largest absolute Gasteiger partial charge is 0.376 e. The second-order valence-electron chi connectivity index (χ2n) is 7.42. The van der Waals surface area contributed by atoms with Crippen LogP contribution in [0.4, 0.5) is 4.79 Å². The molecule has 1 fully saturated rings. The van der Waals surface area contributed by atoms with Gasteiger partial charge in [-0.2, -0.15) is 4.99 Å². The highest BCUT2D eigenvalue weighted by Gasteiger charge is 2.22. The summed E-state index contributed by atoms with van der Waals surface area (Å²) in [5.41, 5.74) is 1.18. The number of carbonyl (C=O) groups excluding carboxylic acids is 1. The number of thiazole rings is 1. The van der Waals surface area contributed by atoms with Crippen molar-refractivity contribution in [1.82, 2.24) is 9.88 Å². The van der Waals surface area contributed by atoms with E-state index < -0.39 is 0 Å². The van der Waals surface area contributed by atoms with Crippen LogP contribution in [-0.2, 0) is 11.3 Å². The number of urea groups is 1. The lowest BCUT2D eigenvalue weighted by Gasteiger charge is -2.27. The summed E-state index contributed by atoms with van der Waals surface area (Å²) in [7, 11) is 0. The van der Waals surface area contributed by atoms with Crippen molar-refractivity contribution in [3.8, 4) is 0 Å². The minimum Gasteiger partial charge on any atom is -0.376 e. The highest BCUT2D eigenvalue weighted by Crippen LogP contribution is 2.19. The fraction of sp³-hybridized carbons (Fsp3) is 0.765. The van der Waals surface area contributed by atoms with Crippen LogP contribution in [0.5, 0.6) is 0 Å². The number of aryl methyl sites for hydroxylation is 1. The molecule has 1 aromatic heterocycles. The summed E-state index contributed by atoms with van der Waals surface area (Å²) in [6.45, 7) is 14.1. The van der Waals surface area contributed by atoms with Crippen LogP contribution in [0, 0.1) is 19.3 Å². The van der Waals surface area contributed by atoms with E-state index in [1.54, 1.807) is 11.3 Å². The number of nitrogens with one attached hydrogen (secondary N) is 1. The molecule has 0 bridgehead atoms. The molecule has 1 unspecified atom stereocenters. The fourth-order valence-corrected chi connectivity index (χ4v) is 3.39. The first-order valence-corrected chi connectivity index (χ1v) is 9.14. The van der Waals surface area contributed by atoms with E-state index in [1.165, 1.54) is 10.6 Å². The Morgan fingerprint density at radius 2 is 2.17 bits per heavy atom. The van der Waals surface area contributed by atoms with E-state index in [9.17, 15) is 4.79 Å². The molecule has 130 valence electrons. The normalized spacial score (nSPS) is 20.8. The minimum absolute atomic E-state index is 0.0140. The summed E-state index contributed by atoms with van der Waals surface area (Å²) in [4.78, 5) is 18.5. The molecule has 5 nitrogen and oxygen atoms in total. The van der Waals surface area contributed by atoms with Crippen molar-refractivity contribution >= 4 is 17.4 Å². The Kier molecular flexibility index (Phi) is 5.68. The van der Waals surface area contributed by atoms with Gasteiger partial charge in [0.05, 0.1) is 12.6 Å². The number of ether oxygens (including phenoxy) is 1. The van der Waals surface area contributed by atoms with Gasteiger partial charge < -0.3 is 14.6 Å². The zero-order valence-corrected chi connectivity index (χ0v) is 15.9. The maximum absolute atomic E-state index is 12.3. The summed E-state index contributed by atoms with van der Waals surface area (Å²) in [5.74, 6) is 0. The Morgan fingerprint density at radius 3 is 2.74 bits per heavy atom. The van der Waals surface area contributed by atoms with Crippen molar-refractivity contribution in [1.29, 1.82) is 0 Å². The zero-order valence-electron chi connectivity index (χ0n) is 15.1. The molecule has 1 N–H and O–H groups in total. The maximum atomic E-state index is 12.3. The summed E-state index contributed by atoms with van der Waals surface area (Å²) in [6, 6.07) is -0.206. The van der Waals surface area contributed by atoms with Crippen LogP contribution in [0.25, 0.3) is 0 Å². The number of hydrogen-bond acceptors (Lipinski definition) is 3. The molecular weight excluding hydrogens is 310 g/mol. The van der Waals surface area contributed by atoms with Gasteiger partial charge >= 0.3 is 6.03 Å². The lowest BCUT2D eigenvalue weighted by atomic mass is 9.88. The first-order valence-electron chi connectivity index (χ1n) is 8.32. The molecule has 0 spiro atoms. The Hall–Kier alpha value is -1.14. The SMILES string of the molecule is Cc1sc(=NC(=O)N[C@H](C)C(C)(C)C)n(CC2CCCO2)c1C. The van der Waals surface area contributed by atoms with Gasteiger partial charge in [-0.25, -0.2) is 4.79 Å². The topological polar surface area (TPSA) is 55.6 Å². The summed E-state index contributed by atoms with van der Waals surface area (Å²) >= 11 is 1.57. The first kappa shape index (κ1) is 18.2. The van der Waals surface area contributed by atoms with E-state index >= 15 is 0 Å². The van der Waals surface area contributed by atoms with Crippen LogP contribution in [-0.4, -0.2) is 29.4 Å². The second kappa shape index (κ2) is 7.18. The fourth-order valence-electron chi connectivity index (χ4n) is 2.41. The van der Waals surface area contributed by atoms with Gasteiger partial charge in [0, 0.05) is 23.2 Å². The van der Waals surface area contributed by atoms with E-state index in [2.05, 4.69) is 49.5 Å². The van der Waals surface area contributed by atoms with Gasteiger partial charge in [0.1, 0.15) is 0 Å². The highest BCUT2D eigenvalue weighted by atomic mass is 32.1. The third-order valence-corrected chi connectivity index (χ3v) is 5.73. The second-order valence-corrected chi connectivity index (χ2v) is 8.60. The van der Waals surface area contributed by atoms with Gasteiger partial charge in [0.15, 0.2) is 4.80 Å². The van der Waals surface area contributed by atoms with Gasteiger partial charge in [0.2, 0.25) is 0 Å². The predicted octanol–water partition coefficient (Wildman–Crippen LogP) is 3.39. The van der Waals surface area contributed by atoms with Crippen LogP contribution < -0.4 is 10.1 Å². The van der Waals surface area contributed by atoms with Crippen LogP contribution in [0.1, 0.15) is 51.1 Å². The van der Waals surface area contributed by atoms with Crippen molar-refractivity contribution in [3.05, 3.63) is 15.4 Å². The third kappa shape index (κ3) is 4.67. The molecule has 1 aliphatic heterocycles. The van der Waals surface area contributed by atoms with Crippen LogP contribution in [0.15, 0.2) is 4.99 Å². The van der Waals surface area contributed by atoms with Crippen molar-refractivity contribution in [2.75, 3.05) is 6.61 Å². The van der Waals surface area contributed by atoms with Crippen LogP contribution in [0.3, 0.4) is 0 Å². The van der Waals surface area contributed by atoms with E-state index in [-0.39, 0.29) is 23.6 Å². The molecule has 2 atom stereocenters. The molecule has 0 radical (unpaired) electrons. The Morgan fingerprint density at radius 1 is 1.48 bits per heavy atom. The summed E-state index contributed by atoms with van der Waals surface area (Å²) in [6.07, 6.45) is 2.43. The average Bonchev–Trinajstić information content (AvgIpc) is 3.02. The molecule has 0 aliphatic carbocycles. The molecule has 1 saturated heterocycles. The number of rotatable bonds is 3. The van der Waals surface area contributed by atoms with Gasteiger partial charge in [-0.1, -0.05) is 20.8 Å². The summed E-state index contributed by atoms with van der Waals surface area (Å²) < 4.78 is 7.85. The summed E-state index contributed by atoms with van der Waals surface area (Å²) in [5, 5.41) is 2.97. The van der Waals surface area contributed by atoms with E-state index in [1.807, 2.05) is 6.92 Å². The molecule has 0 aromatic carbocycles. The molecule has 6 heteroatoms. The number of hydrogen-bond donors (Lipinski definition) is 1. The van der Waals surface area contributed by atoms with Crippen LogP contribution in [0.2, 0.25) is 0 Å². The Balaban J connectivity index is 2.20. The van der Waals surface area contributed by atoms with Gasteiger partial charge in [-0.05, 0) is 39.0 Å². The lowest BCUT2D eigenvalue weighted by Crippen LogP contribution is -2.41. The molecule has 2 rings (SSSR count). The predicted molar refractivity (Wildman–Crippen MR) is 93.8 cm³/mol. The molecule has 23 heavy (non-hydrogen) atoms. The number of aromatic nitrogens is 1. The van der Waals surface area contributed by atoms with Crippen molar-refractivity contribution in [3.63, 3.8) is 0 Å². The first-order chi connectivity index (χ1) is 10.7. The number of amides is 2. The molecule has 0 saturated carbocycles.